The van der Waals surface area contributed by atoms with E-state index in [0.717, 1.165) is 53.2 Å². The first-order chi connectivity index (χ1) is 13.2. The van der Waals surface area contributed by atoms with E-state index in [1.165, 1.54) is 11.1 Å². The number of fused-ring (bicyclic) bond motifs is 1. The topological polar surface area (TPSA) is 87.4 Å². The number of carboxylic acids is 1. The van der Waals surface area contributed by atoms with Crippen LogP contribution in [0, 0.1) is 0 Å². The number of hydrogen-bond acceptors (Lipinski definition) is 5. The number of carboxylic acid groups (broad SMARTS) is 1. The van der Waals surface area contributed by atoms with Crippen molar-refractivity contribution in [3.05, 3.63) is 59.3 Å². The average molecular weight is 363 g/mol. The highest BCUT2D eigenvalue weighted by Gasteiger charge is 2.22. The zero-order valence-corrected chi connectivity index (χ0v) is 15.1. The Hall–Kier alpha value is -3.12. The van der Waals surface area contributed by atoms with Gasteiger partial charge >= 0.3 is 5.97 Å². The van der Waals surface area contributed by atoms with Gasteiger partial charge in [-0.15, -0.1) is 0 Å². The lowest BCUT2D eigenvalue weighted by Crippen LogP contribution is -2.24. The zero-order valence-electron chi connectivity index (χ0n) is 15.1. The Bertz CT molecular complexity index is 977. The smallest absolute Gasteiger partial charge is 0.307 e. The van der Waals surface area contributed by atoms with E-state index >= 15 is 0 Å². The summed E-state index contributed by atoms with van der Waals surface area (Å²) < 4.78 is 5.52. The molecule has 0 spiro atoms. The van der Waals surface area contributed by atoms with Gasteiger partial charge in [-0.05, 0) is 40.8 Å². The fourth-order valence-corrected chi connectivity index (χ4v) is 3.68. The molecule has 0 radical (unpaired) electrons. The number of nitrogens with zero attached hydrogens (tertiary/aromatic N) is 1. The molecule has 6 nitrogen and oxygen atoms in total. The summed E-state index contributed by atoms with van der Waals surface area (Å²) >= 11 is 0. The Balaban J connectivity index is 1.78. The molecule has 6 heteroatoms. The number of aromatic nitrogens is 1. The maximum atomic E-state index is 10.9. The second kappa shape index (κ2) is 7.25. The van der Waals surface area contributed by atoms with Gasteiger partial charge in [0, 0.05) is 19.2 Å². The molecule has 0 atom stereocenters. The molecule has 0 amide bonds. The van der Waals surface area contributed by atoms with Crippen LogP contribution in [0.3, 0.4) is 0 Å². The molecule has 0 unspecified atom stereocenters. The summed E-state index contributed by atoms with van der Waals surface area (Å²) in [5.41, 5.74) is 7.52. The van der Waals surface area contributed by atoms with Crippen molar-refractivity contribution in [2.45, 2.75) is 19.4 Å². The van der Waals surface area contributed by atoms with Crippen molar-refractivity contribution in [1.82, 2.24) is 10.5 Å². The van der Waals surface area contributed by atoms with Crippen molar-refractivity contribution < 1.29 is 14.4 Å². The van der Waals surface area contributed by atoms with E-state index in [1.54, 1.807) is 6.20 Å². The number of nitrogens with one attached hydrogen (secondary N) is 2. The zero-order chi connectivity index (χ0) is 18.8. The van der Waals surface area contributed by atoms with Crippen LogP contribution in [0.2, 0.25) is 0 Å². The van der Waals surface area contributed by atoms with Crippen molar-refractivity contribution in [3.8, 4) is 22.5 Å². The fourth-order valence-electron chi connectivity index (χ4n) is 3.68. The Morgan fingerprint density at radius 1 is 1.19 bits per heavy atom. The van der Waals surface area contributed by atoms with Crippen molar-refractivity contribution in [1.29, 1.82) is 0 Å². The van der Waals surface area contributed by atoms with Crippen LogP contribution in [0.15, 0.2) is 47.1 Å². The molecular weight excluding hydrogens is 342 g/mol. The Kier molecular flexibility index (Phi) is 4.64. The van der Waals surface area contributed by atoms with Crippen LogP contribution < -0.4 is 10.6 Å². The summed E-state index contributed by atoms with van der Waals surface area (Å²) in [5.74, 6) is -0.0555. The highest BCUT2D eigenvalue weighted by atomic mass is 16.5. The van der Waals surface area contributed by atoms with Crippen LogP contribution >= 0.6 is 0 Å². The number of anilines is 1. The maximum absolute atomic E-state index is 10.9. The van der Waals surface area contributed by atoms with Gasteiger partial charge in [0.2, 0.25) is 0 Å². The molecule has 4 rings (SSSR count). The summed E-state index contributed by atoms with van der Waals surface area (Å²) in [6.45, 7) is 1.71. The third-order valence-corrected chi connectivity index (χ3v) is 4.99. The molecule has 0 saturated heterocycles. The first-order valence-corrected chi connectivity index (χ1v) is 8.96. The lowest BCUT2D eigenvalue weighted by Gasteiger charge is -2.23. The van der Waals surface area contributed by atoms with Gasteiger partial charge in [-0.25, -0.2) is 0 Å². The van der Waals surface area contributed by atoms with Gasteiger partial charge in [0.25, 0.3) is 0 Å². The van der Waals surface area contributed by atoms with E-state index in [4.69, 9.17) is 9.63 Å². The van der Waals surface area contributed by atoms with Crippen LogP contribution in [0.5, 0.6) is 0 Å². The van der Waals surface area contributed by atoms with Crippen LogP contribution in [-0.4, -0.2) is 29.8 Å². The molecule has 3 N–H and O–H groups in total. The van der Waals surface area contributed by atoms with Crippen LogP contribution in [0.4, 0.5) is 5.69 Å². The van der Waals surface area contributed by atoms with Crippen LogP contribution in [-0.2, 0) is 24.2 Å². The van der Waals surface area contributed by atoms with Crippen molar-refractivity contribution in [2.75, 3.05) is 18.9 Å². The first kappa shape index (κ1) is 17.3. The molecule has 0 fully saturated rings. The molecule has 3 aromatic rings. The Labute approximate surface area is 157 Å². The number of benzene rings is 2. The van der Waals surface area contributed by atoms with Gasteiger partial charge in [0.05, 0.1) is 12.6 Å². The molecule has 1 aliphatic rings. The van der Waals surface area contributed by atoms with E-state index in [9.17, 15) is 4.79 Å². The standard InChI is InChI=1S/C21H21N3O3/c1-22-19-12-24-27-21(19)17-7-6-15(18-11-23-9-8-16(17)18)14-4-2-13(3-5-14)10-20(25)26/h2-7,12,22-23H,8-11H2,1H3,(H,25,26). The molecule has 2 heterocycles. The van der Waals surface area contributed by atoms with Crippen molar-refractivity contribution >= 4 is 11.7 Å². The minimum absolute atomic E-state index is 0.0389. The van der Waals surface area contributed by atoms with Crippen molar-refractivity contribution in [2.24, 2.45) is 0 Å². The van der Waals surface area contributed by atoms with Gasteiger partial charge in [-0.2, -0.15) is 0 Å². The van der Waals surface area contributed by atoms with Gasteiger partial charge in [-0.3, -0.25) is 4.79 Å². The summed E-state index contributed by atoms with van der Waals surface area (Å²) in [6, 6.07) is 12.0. The van der Waals surface area contributed by atoms with E-state index in [2.05, 4.69) is 27.9 Å². The monoisotopic (exact) mass is 363 g/mol. The largest absolute Gasteiger partial charge is 0.481 e. The van der Waals surface area contributed by atoms with Crippen LogP contribution in [0.1, 0.15) is 16.7 Å². The molecule has 1 aromatic heterocycles. The Morgan fingerprint density at radius 2 is 1.96 bits per heavy atom. The number of hydrogen-bond donors (Lipinski definition) is 3. The highest BCUT2D eigenvalue weighted by Crippen LogP contribution is 2.38. The molecule has 138 valence electrons. The summed E-state index contributed by atoms with van der Waals surface area (Å²) in [5, 5.41) is 19.5. The minimum atomic E-state index is -0.818. The second-order valence-electron chi connectivity index (χ2n) is 6.63. The van der Waals surface area contributed by atoms with Gasteiger partial charge in [0.1, 0.15) is 5.69 Å². The maximum Gasteiger partial charge on any atom is 0.307 e. The molecule has 0 saturated carbocycles. The molecule has 1 aliphatic heterocycles. The Morgan fingerprint density at radius 3 is 2.70 bits per heavy atom. The average Bonchev–Trinajstić information content (AvgIpc) is 3.16. The highest BCUT2D eigenvalue weighted by molar-refractivity contribution is 5.81. The van der Waals surface area contributed by atoms with Gasteiger partial charge in [-0.1, -0.05) is 41.6 Å². The summed E-state index contributed by atoms with van der Waals surface area (Å²) in [7, 11) is 1.86. The molecular formula is C21H21N3O3. The lowest BCUT2D eigenvalue weighted by molar-refractivity contribution is -0.136. The number of rotatable bonds is 5. The SMILES string of the molecule is CNc1cnoc1-c1ccc(-c2ccc(CC(=O)O)cc2)c2c1CCNC2. The third kappa shape index (κ3) is 3.31. The summed E-state index contributed by atoms with van der Waals surface area (Å²) in [4.78, 5) is 10.9. The fraction of sp³-hybridized carbons (Fsp3) is 0.238. The molecule has 2 aromatic carbocycles. The van der Waals surface area contributed by atoms with E-state index in [1.807, 2.05) is 31.3 Å². The molecule has 27 heavy (non-hydrogen) atoms. The van der Waals surface area contributed by atoms with Crippen LogP contribution in [0.25, 0.3) is 22.5 Å². The van der Waals surface area contributed by atoms with Crippen molar-refractivity contribution in [3.63, 3.8) is 0 Å². The quantitative estimate of drug-likeness (QED) is 0.645. The second-order valence-corrected chi connectivity index (χ2v) is 6.63. The first-order valence-electron chi connectivity index (χ1n) is 8.96. The minimum Gasteiger partial charge on any atom is -0.481 e. The predicted octanol–water partition coefficient (Wildman–Crippen LogP) is 3.32. The van der Waals surface area contributed by atoms with Gasteiger partial charge in [0.15, 0.2) is 5.76 Å². The van der Waals surface area contributed by atoms with E-state index in [0.29, 0.717) is 0 Å². The molecule has 0 aliphatic carbocycles. The number of aliphatic carboxylic acids is 1. The predicted molar refractivity (Wildman–Crippen MR) is 104 cm³/mol. The molecule has 0 bridgehead atoms. The third-order valence-electron chi connectivity index (χ3n) is 4.99. The van der Waals surface area contributed by atoms with E-state index in [-0.39, 0.29) is 6.42 Å². The summed E-state index contributed by atoms with van der Waals surface area (Å²) in [6.07, 6.45) is 2.65. The number of carbonyl (C=O) groups is 1. The van der Waals surface area contributed by atoms with E-state index < -0.39 is 5.97 Å². The normalized spacial score (nSPS) is 13.2. The van der Waals surface area contributed by atoms with Gasteiger partial charge < -0.3 is 20.3 Å². The lowest BCUT2D eigenvalue weighted by atomic mass is 9.87.